The molecule has 10 nitrogen and oxygen atoms in total. The number of carbonyl (C=O) groups excluding carboxylic acids is 5. The Hall–Kier alpha value is -3.43. The highest BCUT2D eigenvalue weighted by atomic mass is 16.5. The van der Waals surface area contributed by atoms with Gasteiger partial charge in [-0.2, -0.15) is 0 Å². The van der Waals surface area contributed by atoms with E-state index in [1.165, 1.54) is 0 Å². The number of nitrogens with one attached hydrogen (secondary N) is 4. The van der Waals surface area contributed by atoms with Gasteiger partial charge in [0.1, 0.15) is 24.2 Å². The predicted molar refractivity (Wildman–Crippen MR) is 161 cm³/mol. The Kier molecular flexibility index (Phi) is 13.5. The lowest BCUT2D eigenvalue weighted by molar-refractivity contribution is -0.160. The molecule has 0 saturated carbocycles. The maximum Gasteiger partial charge on any atom is 0.329 e. The third-order valence-corrected chi connectivity index (χ3v) is 7.05. The van der Waals surface area contributed by atoms with Crippen LogP contribution in [0.4, 0.5) is 0 Å². The first-order chi connectivity index (χ1) is 19.7. The molecule has 0 spiro atoms. The number of amides is 4. The topological polar surface area (TPSA) is 143 Å². The quantitative estimate of drug-likeness (QED) is 0.328. The lowest BCUT2D eigenvalue weighted by Crippen LogP contribution is -2.59. The van der Waals surface area contributed by atoms with Crippen LogP contribution in [0.15, 0.2) is 30.3 Å². The van der Waals surface area contributed by atoms with Gasteiger partial charge < -0.3 is 26.0 Å². The van der Waals surface area contributed by atoms with Gasteiger partial charge in [0.15, 0.2) is 6.10 Å². The molecular formula is C32H50N4O6. The van der Waals surface area contributed by atoms with Gasteiger partial charge in [-0.3, -0.25) is 19.2 Å². The van der Waals surface area contributed by atoms with Crippen LogP contribution in [0.5, 0.6) is 0 Å². The smallest absolute Gasteiger partial charge is 0.329 e. The van der Waals surface area contributed by atoms with Crippen molar-refractivity contribution in [2.24, 2.45) is 23.7 Å². The number of cyclic esters (lactones) is 1. The Labute approximate surface area is 250 Å². The van der Waals surface area contributed by atoms with E-state index < -0.39 is 59.9 Å². The van der Waals surface area contributed by atoms with Crippen molar-refractivity contribution in [3.63, 3.8) is 0 Å². The highest BCUT2D eigenvalue weighted by Gasteiger charge is 2.36. The van der Waals surface area contributed by atoms with Crippen LogP contribution >= 0.6 is 0 Å². The fourth-order valence-electron chi connectivity index (χ4n) is 4.90. The summed E-state index contributed by atoms with van der Waals surface area (Å²) in [5, 5.41) is 11.2. The molecule has 234 valence electrons. The van der Waals surface area contributed by atoms with Gasteiger partial charge in [0.25, 0.3) is 5.91 Å². The molecule has 5 atom stereocenters. The second kappa shape index (κ2) is 16.3. The molecule has 10 heteroatoms. The summed E-state index contributed by atoms with van der Waals surface area (Å²) < 4.78 is 5.78. The van der Waals surface area contributed by atoms with Crippen molar-refractivity contribution >= 4 is 29.6 Å². The van der Waals surface area contributed by atoms with E-state index in [1.807, 2.05) is 71.9 Å². The Morgan fingerprint density at radius 1 is 0.595 bits per heavy atom. The van der Waals surface area contributed by atoms with Crippen molar-refractivity contribution in [3.05, 3.63) is 35.9 Å². The summed E-state index contributed by atoms with van der Waals surface area (Å²) in [7, 11) is 0. The van der Waals surface area contributed by atoms with Crippen molar-refractivity contribution < 1.29 is 28.7 Å². The second-order valence-electron chi connectivity index (χ2n) is 12.9. The number of rotatable bonds is 9. The number of esters is 1. The second-order valence-corrected chi connectivity index (χ2v) is 12.9. The van der Waals surface area contributed by atoms with Gasteiger partial charge >= 0.3 is 5.97 Å². The van der Waals surface area contributed by atoms with Gasteiger partial charge in [-0.05, 0) is 48.5 Å². The molecule has 1 aromatic carbocycles. The summed E-state index contributed by atoms with van der Waals surface area (Å²) in [4.78, 5) is 67.7. The molecule has 0 aliphatic carbocycles. The Balaban J connectivity index is 2.59. The van der Waals surface area contributed by atoms with Crippen LogP contribution in [0.3, 0.4) is 0 Å². The number of ether oxygens (including phenoxy) is 1. The molecule has 1 aromatic rings. The highest BCUT2D eigenvalue weighted by molar-refractivity contribution is 5.96. The number of hydrogen-bond acceptors (Lipinski definition) is 6. The zero-order valence-corrected chi connectivity index (χ0v) is 26.4. The molecule has 1 heterocycles. The van der Waals surface area contributed by atoms with Crippen LogP contribution in [0.25, 0.3) is 0 Å². The molecule has 42 heavy (non-hydrogen) atoms. The lowest BCUT2D eigenvalue weighted by Gasteiger charge is -2.28. The number of benzene rings is 1. The van der Waals surface area contributed by atoms with Crippen LogP contribution in [0, 0.1) is 23.7 Å². The fraction of sp³-hybridized carbons (Fsp3) is 0.656. The van der Waals surface area contributed by atoms with Crippen molar-refractivity contribution in [1.82, 2.24) is 21.3 Å². The maximum absolute atomic E-state index is 13.6. The van der Waals surface area contributed by atoms with Gasteiger partial charge in [-0.25, -0.2) is 4.79 Å². The summed E-state index contributed by atoms with van der Waals surface area (Å²) in [6, 6.07) is 5.23. The van der Waals surface area contributed by atoms with E-state index in [-0.39, 0.29) is 36.5 Å². The first-order valence-corrected chi connectivity index (χ1v) is 15.1. The molecule has 1 aliphatic rings. The highest BCUT2D eigenvalue weighted by Crippen LogP contribution is 2.16. The lowest BCUT2D eigenvalue weighted by atomic mass is 9.98. The molecule has 1 unspecified atom stereocenters. The standard InChI is InChI=1S/C32H50N4O6/c1-18(2)14-23-28(37)35-25(17-22-12-10-9-11-13-22)32(41)42-26(16-20(5)6)30(39)33-24(15-19(3)4)29(38)36-27(21(7)8)31(40)34-23/h9-13,18-21,23-27H,14-17H2,1-8H3,(H,33,39)(H,34,40)(H,35,37)(H,36,38)/t23-,24-,25-,26?,27-/m0/s1. The van der Waals surface area contributed by atoms with Crippen molar-refractivity contribution in [2.45, 2.75) is 111 Å². The fourth-order valence-corrected chi connectivity index (χ4v) is 4.90. The minimum Gasteiger partial charge on any atom is -0.451 e. The van der Waals surface area contributed by atoms with Gasteiger partial charge in [-0.15, -0.1) is 0 Å². The Bertz CT molecular complexity index is 1070. The SMILES string of the molecule is CC(C)CC1OC(=O)[C@H](Cc2ccccc2)NC(=O)[C@H](CC(C)C)NC(=O)[C@H](C(C)C)NC(=O)[C@H](CC(C)C)NC1=O. The molecule has 0 aromatic heterocycles. The van der Waals surface area contributed by atoms with E-state index in [0.29, 0.717) is 12.8 Å². The average molecular weight is 587 g/mol. The van der Waals surface area contributed by atoms with Gasteiger partial charge in [0.2, 0.25) is 17.7 Å². The van der Waals surface area contributed by atoms with Crippen LogP contribution < -0.4 is 21.3 Å². The number of carbonyl (C=O) groups is 5. The maximum atomic E-state index is 13.6. The van der Waals surface area contributed by atoms with E-state index in [0.717, 1.165) is 5.56 Å². The van der Waals surface area contributed by atoms with Crippen molar-refractivity contribution in [1.29, 1.82) is 0 Å². The summed E-state index contributed by atoms with van der Waals surface area (Å²) in [5.74, 6) is -3.13. The molecule has 4 amide bonds. The normalized spacial score (nSPS) is 25.0. The molecule has 0 radical (unpaired) electrons. The monoisotopic (exact) mass is 586 g/mol. The zero-order valence-electron chi connectivity index (χ0n) is 26.4. The van der Waals surface area contributed by atoms with Gasteiger partial charge in [0, 0.05) is 6.42 Å². The summed E-state index contributed by atoms with van der Waals surface area (Å²) in [5.41, 5.74) is 0.790. The molecule has 2 rings (SSSR count). The van der Waals surface area contributed by atoms with Gasteiger partial charge in [0.05, 0.1) is 0 Å². The minimum atomic E-state index is -1.17. The molecule has 1 aliphatic heterocycles. The largest absolute Gasteiger partial charge is 0.451 e. The van der Waals surface area contributed by atoms with Crippen LogP contribution in [-0.4, -0.2) is 59.9 Å². The summed E-state index contributed by atoms with van der Waals surface area (Å²) in [6.45, 7) is 15.1. The molecule has 1 fully saturated rings. The third kappa shape index (κ3) is 11.1. The number of hydrogen-bond donors (Lipinski definition) is 4. The van der Waals surface area contributed by atoms with Crippen molar-refractivity contribution in [2.75, 3.05) is 0 Å². The molecule has 1 saturated heterocycles. The summed E-state index contributed by atoms with van der Waals surface area (Å²) in [6.07, 6.45) is -0.181. The Morgan fingerprint density at radius 3 is 1.57 bits per heavy atom. The molecule has 4 N–H and O–H groups in total. The zero-order chi connectivity index (χ0) is 31.6. The predicted octanol–water partition coefficient (Wildman–Crippen LogP) is 2.89. The molecule has 0 bridgehead atoms. The van der Waals surface area contributed by atoms with E-state index in [4.69, 9.17) is 4.74 Å². The Morgan fingerprint density at radius 2 is 1.07 bits per heavy atom. The first kappa shape index (κ1) is 34.8. The minimum absolute atomic E-state index is 0.00209. The van der Waals surface area contributed by atoms with E-state index in [2.05, 4.69) is 21.3 Å². The first-order valence-electron chi connectivity index (χ1n) is 15.1. The van der Waals surface area contributed by atoms with Crippen molar-refractivity contribution in [3.8, 4) is 0 Å². The summed E-state index contributed by atoms with van der Waals surface area (Å²) >= 11 is 0. The van der Waals surface area contributed by atoms with Gasteiger partial charge in [-0.1, -0.05) is 85.7 Å². The van der Waals surface area contributed by atoms with E-state index >= 15 is 0 Å². The van der Waals surface area contributed by atoms with E-state index in [1.54, 1.807) is 13.8 Å². The van der Waals surface area contributed by atoms with Crippen LogP contribution in [-0.2, 0) is 35.1 Å². The van der Waals surface area contributed by atoms with E-state index in [9.17, 15) is 24.0 Å². The third-order valence-electron chi connectivity index (χ3n) is 7.05. The average Bonchev–Trinajstić information content (AvgIpc) is 2.89. The van der Waals surface area contributed by atoms with Crippen LogP contribution in [0.2, 0.25) is 0 Å². The van der Waals surface area contributed by atoms with Crippen LogP contribution in [0.1, 0.15) is 80.2 Å². The molecular weight excluding hydrogens is 536 g/mol.